The van der Waals surface area contributed by atoms with Crippen LogP contribution in [0.5, 0.6) is 0 Å². The molecular weight excluding hydrogens is 188 g/mol. The Morgan fingerprint density at radius 2 is 1.73 bits per heavy atom. The maximum atomic E-state index is 8.58. The number of benzene rings is 1. The molecule has 1 aromatic rings. The summed E-state index contributed by atoms with van der Waals surface area (Å²) >= 11 is 0. The monoisotopic (exact) mass is 206 g/mol. The van der Waals surface area contributed by atoms with Crippen molar-refractivity contribution in [2.45, 2.75) is 25.8 Å². The summed E-state index contributed by atoms with van der Waals surface area (Å²) in [6.45, 7) is 2.87. The van der Waals surface area contributed by atoms with Crippen molar-refractivity contribution in [2.75, 3.05) is 18.0 Å². The van der Waals surface area contributed by atoms with Crippen LogP contribution in [0.25, 0.3) is 0 Å². The number of hydroxylamine groups is 1. The van der Waals surface area contributed by atoms with Gasteiger partial charge in [-0.1, -0.05) is 12.1 Å². The minimum atomic E-state index is 0.514. The molecule has 0 radical (unpaired) electrons. The molecule has 0 unspecified atom stereocenters. The van der Waals surface area contributed by atoms with E-state index in [2.05, 4.69) is 34.6 Å². The average molecular weight is 206 g/mol. The lowest BCUT2D eigenvalue weighted by atomic mass is 10.1. The van der Waals surface area contributed by atoms with Crippen LogP contribution in [0.3, 0.4) is 0 Å². The van der Waals surface area contributed by atoms with Crippen LogP contribution in [0.15, 0.2) is 24.3 Å². The molecule has 0 atom stereocenters. The number of piperidine rings is 1. The Morgan fingerprint density at radius 1 is 1.07 bits per heavy atom. The molecule has 0 aliphatic carbocycles. The van der Waals surface area contributed by atoms with Crippen LogP contribution >= 0.6 is 0 Å². The highest BCUT2D eigenvalue weighted by Gasteiger charge is 2.10. The summed E-state index contributed by atoms with van der Waals surface area (Å²) in [6.07, 6.45) is 3.98. The first-order valence-electron chi connectivity index (χ1n) is 5.61. The molecule has 3 nitrogen and oxygen atoms in total. The lowest BCUT2D eigenvalue weighted by molar-refractivity contribution is 0.161. The van der Waals surface area contributed by atoms with E-state index in [1.54, 1.807) is 0 Å². The lowest BCUT2D eigenvalue weighted by Crippen LogP contribution is -2.29. The van der Waals surface area contributed by atoms with Crippen molar-refractivity contribution in [2.24, 2.45) is 0 Å². The third kappa shape index (κ3) is 2.70. The fraction of sp³-hybridized carbons (Fsp3) is 0.500. The maximum Gasteiger partial charge on any atom is 0.0458 e. The highest BCUT2D eigenvalue weighted by Crippen LogP contribution is 2.19. The van der Waals surface area contributed by atoms with E-state index in [-0.39, 0.29) is 0 Å². The van der Waals surface area contributed by atoms with Gasteiger partial charge in [0, 0.05) is 25.3 Å². The van der Waals surface area contributed by atoms with Gasteiger partial charge in [-0.05, 0) is 37.0 Å². The van der Waals surface area contributed by atoms with Crippen molar-refractivity contribution in [3.05, 3.63) is 29.8 Å². The summed E-state index contributed by atoms with van der Waals surface area (Å²) in [5.74, 6) is 0. The molecule has 2 N–H and O–H groups in total. The Kier molecular flexibility index (Phi) is 3.59. The Bertz CT molecular complexity index is 291. The first kappa shape index (κ1) is 10.5. The van der Waals surface area contributed by atoms with Gasteiger partial charge in [0.25, 0.3) is 0 Å². The zero-order valence-corrected chi connectivity index (χ0v) is 8.95. The molecule has 0 aromatic heterocycles. The molecule has 0 spiro atoms. The second kappa shape index (κ2) is 5.14. The van der Waals surface area contributed by atoms with E-state index in [9.17, 15) is 0 Å². The molecule has 0 amide bonds. The van der Waals surface area contributed by atoms with Crippen molar-refractivity contribution in [1.29, 1.82) is 0 Å². The summed E-state index contributed by atoms with van der Waals surface area (Å²) < 4.78 is 0. The van der Waals surface area contributed by atoms with E-state index >= 15 is 0 Å². The molecule has 1 aromatic carbocycles. The van der Waals surface area contributed by atoms with Gasteiger partial charge in [-0.25, -0.2) is 5.48 Å². The van der Waals surface area contributed by atoms with Gasteiger partial charge in [-0.3, -0.25) is 0 Å². The molecule has 1 aliphatic heterocycles. The van der Waals surface area contributed by atoms with Gasteiger partial charge < -0.3 is 10.1 Å². The minimum Gasteiger partial charge on any atom is -0.372 e. The smallest absolute Gasteiger partial charge is 0.0458 e. The Balaban J connectivity index is 2.02. The van der Waals surface area contributed by atoms with E-state index in [0.29, 0.717) is 6.54 Å². The summed E-state index contributed by atoms with van der Waals surface area (Å²) in [5, 5.41) is 8.58. The molecule has 0 saturated carbocycles. The number of hydrogen-bond donors (Lipinski definition) is 2. The van der Waals surface area contributed by atoms with Gasteiger partial charge in [0.15, 0.2) is 0 Å². The van der Waals surface area contributed by atoms with Crippen LogP contribution in [0.2, 0.25) is 0 Å². The minimum absolute atomic E-state index is 0.514. The predicted octanol–water partition coefficient (Wildman–Crippen LogP) is 2.16. The van der Waals surface area contributed by atoms with E-state index in [4.69, 9.17) is 5.21 Å². The van der Waals surface area contributed by atoms with Gasteiger partial charge >= 0.3 is 0 Å². The van der Waals surface area contributed by atoms with Gasteiger partial charge in [-0.15, -0.1) is 0 Å². The molecular formula is C12H18N2O. The zero-order chi connectivity index (χ0) is 10.5. The number of rotatable bonds is 3. The number of hydrogen-bond acceptors (Lipinski definition) is 3. The second-order valence-electron chi connectivity index (χ2n) is 4.05. The zero-order valence-electron chi connectivity index (χ0n) is 8.95. The number of nitrogens with zero attached hydrogens (tertiary/aromatic N) is 1. The standard InChI is InChI=1S/C12H18N2O/c15-13-10-11-4-6-12(7-5-11)14-8-2-1-3-9-14/h4-7,13,15H,1-3,8-10H2. The lowest BCUT2D eigenvalue weighted by Gasteiger charge is -2.28. The fourth-order valence-corrected chi connectivity index (χ4v) is 2.07. The number of anilines is 1. The maximum absolute atomic E-state index is 8.58. The van der Waals surface area contributed by atoms with Crippen molar-refractivity contribution in [1.82, 2.24) is 5.48 Å². The largest absolute Gasteiger partial charge is 0.372 e. The third-order valence-electron chi connectivity index (χ3n) is 2.94. The Labute approximate surface area is 90.7 Å². The fourth-order valence-electron chi connectivity index (χ4n) is 2.07. The summed E-state index contributed by atoms with van der Waals surface area (Å²) in [7, 11) is 0. The van der Waals surface area contributed by atoms with Crippen molar-refractivity contribution in [3.63, 3.8) is 0 Å². The Hall–Kier alpha value is -1.06. The van der Waals surface area contributed by atoms with Crippen molar-refractivity contribution >= 4 is 5.69 Å². The molecule has 1 saturated heterocycles. The third-order valence-corrected chi connectivity index (χ3v) is 2.94. The van der Waals surface area contributed by atoms with Gasteiger partial charge in [-0.2, -0.15) is 0 Å². The first-order valence-corrected chi connectivity index (χ1v) is 5.61. The van der Waals surface area contributed by atoms with E-state index in [1.807, 2.05) is 0 Å². The molecule has 15 heavy (non-hydrogen) atoms. The summed E-state index contributed by atoms with van der Waals surface area (Å²) in [6, 6.07) is 8.40. The van der Waals surface area contributed by atoms with E-state index in [1.165, 1.54) is 38.0 Å². The molecule has 1 aliphatic rings. The SMILES string of the molecule is ONCc1ccc(N2CCCCC2)cc1. The molecule has 1 heterocycles. The van der Waals surface area contributed by atoms with Gasteiger partial charge in [0.2, 0.25) is 0 Å². The van der Waals surface area contributed by atoms with E-state index < -0.39 is 0 Å². The summed E-state index contributed by atoms with van der Waals surface area (Å²) in [5.41, 5.74) is 4.58. The van der Waals surface area contributed by atoms with Crippen molar-refractivity contribution in [3.8, 4) is 0 Å². The van der Waals surface area contributed by atoms with Crippen LogP contribution in [0.1, 0.15) is 24.8 Å². The molecule has 0 bridgehead atoms. The first-order chi connectivity index (χ1) is 7.40. The molecule has 3 heteroatoms. The Morgan fingerprint density at radius 3 is 2.33 bits per heavy atom. The van der Waals surface area contributed by atoms with Crippen LogP contribution in [-0.2, 0) is 6.54 Å². The predicted molar refractivity (Wildman–Crippen MR) is 61.1 cm³/mol. The van der Waals surface area contributed by atoms with Crippen LogP contribution < -0.4 is 10.4 Å². The average Bonchev–Trinajstić information content (AvgIpc) is 2.32. The second-order valence-corrected chi connectivity index (χ2v) is 4.05. The van der Waals surface area contributed by atoms with Gasteiger partial charge in [0.05, 0.1) is 0 Å². The van der Waals surface area contributed by atoms with Crippen LogP contribution in [-0.4, -0.2) is 18.3 Å². The van der Waals surface area contributed by atoms with Crippen LogP contribution in [0, 0.1) is 0 Å². The molecule has 1 fully saturated rings. The topological polar surface area (TPSA) is 35.5 Å². The summed E-state index contributed by atoms with van der Waals surface area (Å²) in [4.78, 5) is 2.43. The normalized spacial score (nSPS) is 16.7. The number of nitrogens with one attached hydrogen (secondary N) is 1. The molecule has 2 rings (SSSR count). The quantitative estimate of drug-likeness (QED) is 0.744. The molecule has 82 valence electrons. The highest BCUT2D eigenvalue weighted by molar-refractivity contribution is 5.47. The van der Waals surface area contributed by atoms with Gasteiger partial charge in [0.1, 0.15) is 0 Å². The van der Waals surface area contributed by atoms with Crippen LogP contribution in [0.4, 0.5) is 5.69 Å². The van der Waals surface area contributed by atoms with Crippen molar-refractivity contribution < 1.29 is 5.21 Å². The van der Waals surface area contributed by atoms with E-state index in [0.717, 1.165) is 5.56 Å². The highest BCUT2D eigenvalue weighted by atomic mass is 16.5.